The van der Waals surface area contributed by atoms with Crippen LogP contribution in [-0.2, 0) is 0 Å². The van der Waals surface area contributed by atoms with Gasteiger partial charge in [0.25, 0.3) is 0 Å². The zero-order valence-corrected chi connectivity index (χ0v) is 8.93. The van der Waals surface area contributed by atoms with E-state index in [9.17, 15) is 13.2 Å². The molecule has 0 bridgehead atoms. The summed E-state index contributed by atoms with van der Waals surface area (Å²) in [6, 6.07) is 1.85. The third-order valence-electron chi connectivity index (χ3n) is 2.05. The van der Waals surface area contributed by atoms with Crippen LogP contribution in [-0.4, -0.2) is 36.2 Å². The van der Waals surface area contributed by atoms with Crippen LogP contribution in [0.15, 0.2) is 0 Å². The monoisotopic (exact) mass is 223 g/mol. The van der Waals surface area contributed by atoms with Gasteiger partial charge in [-0.3, -0.25) is 4.90 Å². The summed E-state index contributed by atoms with van der Waals surface area (Å²) in [6.45, 7) is 2.67. The summed E-state index contributed by atoms with van der Waals surface area (Å²) in [5.74, 6) is 0. The maximum absolute atomic E-state index is 12.1. The van der Waals surface area contributed by atoms with Crippen molar-refractivity contribution in [1.82, 2.24) is 4.90 Å². The first-order valence-corrected chi connectivity index (χ1v) is 4.69. The van der Waals surface area contributed by atoms with E-state index >= 15 is 0 Å². The molecule has 0 spiro atoms. The summed E-state index contributed by atoms with van der Waals surface area (Å²) in [4.78, 5) is 1.22. The summed E-state index contributed by atoms with van der Waals surface area (Å²) in [6.07, 6.45) is -3.97. The zero-order chi connectivity index (χ0) is 12.1. The smallest absolute Gasteiger partial charge is 0.314 e. The van der Waals surface area contributed by atoms with Crippen molar-refractivity contribution in [3.63, 3.8) is 0 Å². The molecule has 3 nitrogen and oxygen atoms in total. The number of nitriles is 1. The Kier molecular flexibility index (Phi) is 5.05. The molecule has 0 radical (unpaired) electrons. The van der Waals surface area contributed by atoms with Crippen LogP contribution in [0.5, 0.6) is 0 Å². The van der Waals surface area contributed by atoms with Crippen molar-refractivity contribution in [3.8, 4) is 6.07 Å². The molecule has 15 heavy (non-hydrogen) atoms. The van der Waals surface area contributed by atoms with E-state index in [0.29, 0.717) is 6.54 Å². The highest BCUT2D eigenvalue weighted by molar-refractivity contribution is 5.01. The van der Waals surface area contributed by atoms with E-state index in [4.69, 9.17) is 11.0 Å². The van der Waals surface area contributed by atoms with Gasteiger partial charge >= 0.3 is 6.18 Å². The minimum Gasteiger partial charge on any atom is -0.314 e. The fraction of sp³-hybridized carbons (Fsp3) is 0.889. The molecule has 0 aromatic carbocycles. The average Bonchev–Trinajstić information content (AvgIpc) is 2.10. The topological polar surface area (TPSA) is 53.0 Å². The van der Waals surface area contributed by atoms with Gasteiger partial charge in [-0.1, -0.05) is 6.92 Å². The normalized spacial score (nSPS) is 16.1. The summed E-state index contributed by atoms with van der Waals surface area (Å²) in [5.41, 5.74) is 4.46. The number of nitrogens with two attached hydrogens (primary N) is 1. The first-order chi connectivity index (χ1) is 6.70. The highest BCUT2D eigenvalue weighted by atomic mass is 19.4. The molecule has 1 unspecified atom stereocenters. The maximum atomic E-state index is 12.1. The van der Waals surface area contributed by atoms with Crippen LogP contribution in [0.3, 0.4) is 0 Å². The molecule has 0 aliphatic carbocycles. The quantitative estimate of drug-likeness (QED) is 0.768. The standard InChI is InChI=1S/C9H16F3N3/c1-3-15(7-9(10,11)12)5-4-8(2,14)6-13/h3-5,7,14H2,1-2H3. The predicted molar refractivity (Wildman–Crippen MR) is 51.0 cm³/mol. The van der Waals surface area contributed by atoms with E-state index < -0.39 is 18.3 Å². The lowest BCUT2D eigenvalue weighted by Gasteiger charge is -2.24. The van der Waals surface area contributed by atoms with Gasteiger partial charge in [0.15, 0.2) is 0 Å². The fourth-order valence-electron chi connectivity index (χ4n) is 1.05. The predicted octanol–water partition coefficient (Wildman–Crippen LogP) is 1.50. The molecule has 0 aromatic rings. The van der Waals surface area contributed by atoms with Crippen molar-refractivity contribution < 1.29 is 13.2 Å². The molecule has 88 valence electrons. The highest BCUT2D eigenvalue weighted by Crippen LogP contribution is 2.17. The van der Waals surface area contributed by atoms with Crippen LogP contribution in [0.2, 0.25) is 0 Å². The van der Waals surface area contributed by atoms with Crippen molar-refractivity contribution in [3.05, 3.63) is 0 Å². The van der Waals surface area contributed by atoms with Gasteiger partial charge < -0.3 is 5.73 Å². The highest BCUT2D eigenvalue weighted by Gasteiger charge is 2.30. The molecule has 0 aliphatic heterocycles. The van der Waals surface area contributed by atoms with Crippen LogP contribution < -0.4 is 5.73 Å². The molecule has 6 heteroatoms. The second-order valence-electron chi connectivity index (χ2n) is 3.76. The number of hydrogen-bond acceptors (Lipinski definition) is 3. The molecule has 0 rings (SSSR count). The van der Waals surface area contributed by atoms with Crippen LogP contribution in [0.25, 0.3) is 0 Å². The Labute approximate surface area is 87.6 Å². The van der Waals surface area contributed by atoms with Crippen molar-refractivity contribution in [2.75, 3.05) is 19.6 Å². The molecule has 0 heterocycles. The summed E-state index contributed by atoms with van der Waals surface area (Å²) >= 11 is 0. The van der Waals surface area contributed by atoms with E-state index in [0.717, 1.165) is 0 Å². The molecule has 2 N–H and O–H groups in total. The Morgan fingerprint density at radius 3 is 2.27 bits per heavy atom. The molecule has 0 aliphatic rings. The summed E-state index contributed by atoms with van der Waals surface area (Å²) in [5, 5.41) is 8.60. The molecule has 0 aromatic heterocycles. The Balaban J connectivity index is 4.09. The Morgan fingerprint density at radius 1 is 1.40 bits per heavy atom. The van der Waals surface area contributed by atoms with Crippen LogP contribution in [0, 0.1) is 11.3 Å². The largest absolute Gasteiger partial charge is 0.401 e. The van der Waals surface area contributed by atoms with Gasteiger partial charge in [0.05, 0.1) is 12.6 Å². The van der Waals surface area contributed by atoms with Gasteiger partial charge in [-0.05, 0) is 19.9 Å². The first-order valence-electron chi connectivity index (χ1n) is 4.69. The summed E-state index contributed by atoms with van der Waals surface area (Å²) in [7, 11) is 0. The van der Waals surface area contributed by atoms with Gasteiger partial charge in [0, 0.05) is 6.54 Å². The molecular weight excluding hydrogens is 207 g/mol. The van der Waals surface area contributed by atoms with E-state index in [2.05, 4.69) is 0 Å². The van der Waals surface area contributed by atoms with E-state index in [1.165, 1.54) is 11.8 Å². The van der Waals surface area contributed by atoms with Crippen LogP contribution in [0.4, 0.5) is 13.2 Å². The van der Waals surface area contributed by atoms with Gasteiger partial charge in [0.2, 0.25) is 0 Å². The second kappa shape index (κ2) is 5.33. The first kappa shape index (κ1) is 14.2. The molecule has 1 atom stereocenters. The van der Waals surface area contributed by atoms with E-state index in [1.807, 2.05) is 6.07 Å². The van der Waals surface area contributed by atoms with E-state index in [-0.39, 0.29) is 13.0 Å². The summed E-state index contributed by atoms with van der Waals surface area (Å²) < 4.78 is 36.2. The number of hydrogen-bond donors (Lipinski definition) is 1. The molecule has 0 amide bonds. The lowest BCUT2D eigenvalue weighted by atomic mass is 10.0. The van der Waals surface area contributed by atoms with Crippen molar-refractivity contribution >= 4 is 0 Å². The molecule has 0 saturated heterocycles. The Bertz CT molecular complexity index is 230. The lowest BCUT2D eigenvalue weighted by Crippen LogP contribution is -2.41. The maximum Gasteiger partial charge on any atom is 0.401 e. The average molecular weight is 223 g/mol. The third-order valence-corrected chi connectivity index (χ3v) is 2.05. The second-order valence-corrected chi connectivity index (χ2v) is 3.76. The van der Waals surface area contributed by atoms with Crippen LogP contribution >= 0.6 is 0 Å². The van der Waals surface area contributed by atoms with Crippen molar-refractivity contribution in [2.24, 2.45) is 5.73 Å². The van der Waals surface area contributed by atoms with Gasteiger partial charge in [-0.2, -0.15) is 18.4 Å². The van der Waals surface area contributed by atoms with E-state index in [1.54, 1.807) is 6.92 Å². The number of rotatable bonds is 5. The van der Waals surface area contributed by atoms with Gasteiger partial charge in [0.1, 0.15) is 5.54 Å². The fourth-order valence-corrected chi connectivity index (χ4v) is 1.05. The minimum absolute atomic E-state index is 0.177. The van der Waals surface area contributed by atoms with Gasteiger partial charge in [-0.25, -0.2) is 0 Å². The zero-order valence-electron chi connectivity index (χ0n) is 8.93. The van der Waals surface area contributed by atoms with Crippen molar-refractivity contribution in [1.29, 1.82) is 5.26 Å². The third kappa shape index (κ3) is 7.17. The Morgan fingerprint density at radius 2 is 1.93 bits per heavy atom. The number of halogens is 3. The SMILES string of the molecule is CCN(CCC(C)(N)C#N)CC(F)(F)F. The molecular formula is C9H16F3N3. The van der Waals surface area contributed by atoms with Gasteiger partial charge in [-0.15, -0.1) is 0 Å². The molecule has 0 fully saturated rings. The van der Waals surface area contributed by atoms with Crippen molar-refractivity contribution in [2.45, 2.75) is 32.0 Å². The number of alkyl halides is 3. The Hall–Kier alpha value is -0.800. The minimum atomic E-state index is -4.20. The lowest BCUT2D eigenvalue weighted by molar-refractivity contribution is -0.145. The number of nitrogens with zero attached hydrogens (tertiary/aromatic N) is 2. The molecule has 0 saturated carbocycles. The van der Waals surface area contributed by atoms with Crippen LogP contribution in [0.1, 0.15) is 20.3 Å².